The van der Waals surface area contributed by atoms with Gasteiger partial charge in [0.25, 0.3) is 5.91 Å². The first-order chi connectivity index (χ1) is 12.1. The van der Waals surface area contributed by atoms with Gasteiger partial charge in [-0.3, -0.25) is 4.79 Å². The van der Waals surface area contributed by atoms with Gasteiger partial charge in [-0.25, -0.2) is 0 Å². The number of carbonyl (C=O) groups excluding carboxylic acids is 1. The summed E-state index contributed by atoms with van der Waals surface area (Å²) in [4.78, 5) is 13.1. The molecular weight excluding hydrogens is 449 g/mol. The van der Waals surface area contributed by atoms with E-state index in [4.69, 9.17) is 0 Å². The maximum atomic E-state index is 12.4. The highest BCUT2D eigenvalue weighted by Crippen LogP contribution is 2.26. The topological polar surface area (TPSA) is 72.2 Å². The number of amides is 1. The van der Waals surface area contributed by atoms with E-state index in [0.717, 1.165) is 30.6 Å². The van der Waals surface area contributed by atoms with Crippen LogP contribution in [0.15, 0.2) is 48.5 Å². The molecule has 2 heterocycles. The van der Waals surface area contributed by atoms with Crippen LogP contribution in [0, 0.1) is 10.5 Å². The van der Waals surface area contributed by atoms with Crippen LogP contribution in [-0.4, -0.2) is 25.7 Å². The van der Waals surface area contributed by atoms with Crippen molar-refractivity contribution in [3.63, 3.8) is 0 Å². The zero-order chi connectivity index (χ0) is 17.4. The summed E-state index contributed by atoms with van der Waals surface area (Å²) < 4.78 is 2.65. The van der Waals surface area contributed by atoms with Gasteiger partial charge in [0.2, 0.25) is 4.96 Å². The van der Waals surface area contributed by atoms with Crippen LogP contribution in [0.5, 0.6) is 0 Å². The molecule has 0 spiro atoms. The van der Waals surface area contributed by atoms with Crippen molar-refractivity contribution in [2.45, 2.75) is 6.92 Å². The monoisotopic (exact) mass is 461 g/mol. The Bertz CT molecular complexity index is 1070. The third kappa shape index (κ3) is 3.14. The zero-order valence-corrected chi connectivity index (χ0v) is 16.1. The largest absolute Gasteiger partial charge is 0.322 e. The summed E-state index contributed by atoms with van der Waals surface area (Å²) in [5.41, 5.74) is 2.38. The Labute approximate surface area is 161 Å². The minimum absolute atomic E-state index is 0.118. The summed E-state index contributed by atoms with van der Waals surface area (Å²) in [6.07, 6.45) is 0. The summed E-state index contributed by atoms with van der Waals surface area (Å²) in [6, 6.07) is 15.1. The van der Waals surface area contributed by atoms with Crippen molar-refractivity contribution >= 4 is 50.5 Å². The number of benzene rings is 2. The normalized spacial score (nSPS) is 11.0. The highest BCUT2D eigenvalue weighted by atomic mass is 127. The second-order valence-corrected chi connectivity index (χ2v) is 7.48. The molecule has 0 aliphatic carbocycles. The summed E-state index contributed by atoms with van der Waals surface area (Å²) in [5, 5.41) is 16.4. The smallest absolute Gasteiger partial charge is 0.256 e. The van der Waals surface area contributed by atoms with Gasteiger partial charge in [0.05, 0.1) is 5.56 Å². The van der Waals surface area contributed by atoms with Crippen LogP contribution in [0.1, 0.15) is 16.2 Å². The molecule has 0 radical (unpaired) electrons. The summed E-state index contributed by atoms with van der Waals surface area (Å²) in [6.45, 7) is 1.87. The third-order valence-corrected chi connectivity index (χ3v) is 5.54. The number of hydrogen-bond acceptors (Lipinski definition) is 5. The number of nitrogens with zero attached hydrogens (tertiary/aromatic N) is 4. The number of fused-ring (bicyclic) bond motifs is 1. The van der Waals surface area contributed by atoms with E-state index < -0.39 is 0 Å². The summed E-state index contributed by atoms with van der Waals surface area (Å²) >= 11 is 3.64. The van der Waals surface area contributed by atoms with E-state index in [1.807, 2.05) is 55.5 Å². The Hall–Kier alpha value is -2.33. The second kappa shape index (κ2) is 6.52. The van der Waals surface area contributed by atoms with E-state index in [1.54, 1.807) is 4.52 Å². The number of rotatable bonds is 3. The highest BCUT2D eigenvalue weighted by molar-refractivity contribution is 14.1. The molecule has 0 bridgehead atoms. The quantitative estimate of drug-likeness (QED) is 0.468. The summed E-state index contributed by atoms with van der Waals surface area (Å²) in [5.74, 6) is 0.644. The van der Waals surface area contributed by atoms with Crippen LogP contribution in [0.2, 0.25) is 0 Å². The number of nitrogens with one attached hydrogen (secondary N) is 1. The fourth-order valence-corrected chi connectivity index (χ4v) is 3.89. The lowest BCUT2D eigenvalue weighted by atomic mass is 10.2. The minimum Gasteiger partial charge on any atom is -0.322 e. The molecule has 124 valence electrons. The molecule has 25 heavy (non-hydrogen) atoms. The molecule has 8 heteroatoms. The Morgan fingerprint density at radius 3 is 2.60 bits per heavy atom. The predicted molar refractivity (Wildman–Crippen MR) is 106 cm³/mol. The maximum absolute atomic E-state index is 12.4. The SMILES string of the molecule is Cc1nnc2sc(-c3ccc(NC(=O)c4ccccc4I)cc3)nn12. The molecule has 0 atom stereocenters. The third-order valence-electron chi connectivity index (χ3n) is 3.65. The molecule has 0 saturated heterocycles. The zero-order valence-electron chi connectivity index (χ0n) is 13.1. The van der Waals surface area contributed by atoms with Gasteiger partial charge in [-0.1, -0.05) is 23.5 Å². The molecule has 0 fully saturated rings. The molecular formula is C17H12IN5OS. The van der Waals surface area contributed by atoms with Crippen LogP contribution in [0.25, 0.3) is 15.5 Å². The number of aromatic nitrogens is 4. The van der Waals surface area contributed by atoms with E-state index >= 15 is 0 Å². The molecule has 2 aromatic heterocycles. The van der Waals surface area contributed by atoms with E-state index in [-0.39, 0.29) is 5.91 Å². The number of aryl methyl sites for hydroxylation is 1. The molecule has 4 rings (SSSR count). The van der Waals surface area contributed by atoms with Gasteiger partial charge < -0.3 is 5.32 Å². The van der Waals surface area contributed by atoms with Gasteiger partial charge in [0.15, 0.2) is 5.82 Å². The Morgan fingerprint density at radius 2 is 1.88 bits per heavy atom. The van der Waals surface area contributed by atoms with E-state index in [0.29, 0.717) is 5.56 Å². The van der Waals surface area contributed by atoms with Crippen molar-refractivity contribution in [3.05, 3.63) is 63.5 Å². The number of hydrogen-bond donors (Lipinski definition) is 1. The highest BCUT2D eigenvalue weighted by Gasteiger charge is 2.12. The molecule has 0 unspecified atom stereocenters. The van der Waals surface area contributed by atoms with Gasteiger partial charge in [-0.05, 0) is 65.9 Å². The van der Waals surface area contributed by atoms with Gasteiger partial charge in [0, 0.05) is 14.8 Å². The fourth-order valence-electron chi connectivity index (χ4n) is 2.37. The van der Waals surface area contributed by atoms with Crippen LogP contribution in [0.4, 0.5) is 5.69 Å². The van der Waals surface area contributed by atoms with Crippen molar-refractivity contribution in [1.29, 1.82) is 0 Å². The average Bonchev–Trinajstić information content (AvgIpc) is 3.18. The van der Waals surface area contributed by atoms with Crippen LogP contribution in [0.3, 0.4) is 0 Å². The first-order valence-corrected chi connectivity index (χ1v) is 9.36. The van der Waals surface area contributed by atoms with Crippen LogP contribution >= 0.6 is 33.9 Å². The van der Waals surface area contributed by atoms with Crippen LogP contribution in [-0.2, 0) is 0 Å². The van der Waals surface area contributed by atoms with Gasteiger partial charge in [0.1, 0.15) is 5.01 Å². The average molecular weight is 461 g/mol. The maximum Gasteiger partial charge on any atom is 0.256 e. The molecule has 2 aromatic carbocycles. The van der Waals surface area contributed by atoms with Crippen molar-refractivity contribution in [1.82, 2.24) is 19.8 Å². The molecule has 1 N–H and O–H groups in total. The molecule has 4 aromatic rings. The minimum atomic E-state index is -0.118. The lowest BCUT2D eigenvalue weighted by Crippen LogP contribution is -2.13. The van der Waals surface area contributed by atoms with Crippen molar-refractivity contribution in [2.75, 3.05) is 5.32 Å². The van der Waals surface area contributed by atoms with E-state index in [9.17, 15) is 4.79 Å². The fraction of sp³-hybridized carbons (Fsp3) is 0.0588. The standard InChI is InChI=1S/C17H12IN5OS/c1-10-20-21-17-23(10)22-16(25-17)11-6-8-12(9-7-11)19-15(24)13-4-2-3-5-14(13)18/h2-9H,1H3,(H,19,24). The second-order valence-electron chi connectivity index (χ2n) is 5.36. The van der Waals surface area contributed by atoms with Crippen molar-refractivity contribution in [2.24, 2.45) is 0 Å². The summed E-state index contributed by atoms with van der Waals surface area (Å²) in [7, 11) is 0. The first kappa shape index (κ1) is 16.2. The molecule has 1 amide bonds. The molecule has 0 aliphatic rings. The van der Waals surface area contributed by atoms with E-state index in [1.165, 1.54) is 11.3 Å². The predicted octanol–water partition coefficient (Wildman–Crippen LogP) is 4.02. The van der Waals surface area contributed by atoms with Gasteiger partial charge >= 0.3 is 0 Å². The molecule has 0 aliphatic heterocycles. The Balaban J connectivity index is 1.55. The van der Waals surface area contributed by atoms with Crippen molar-refractivity contribution in [3.8, 4) is 10.6 Å². The van der Waals surface area contributed by atoms with Gasteiger partial charge in [-0.2, -0.15) is 9.61 Å². The Kier molecular flexibility index (Phi) is 4.22. The molecule has 0 saturated carbocycles. The van der Waals surface area contributed by atoms with Gasteiger partial charge in [-0.15, -0.1) is 10.2 Å². The van der Waals surface area contributed by atoms with Crippen molar-refractivity contribution < 1.29 is 4.79 Å². The van der Waals surface area contributed by atoms with Crippen LogP contribution < -0.4 is 5.32 Å². The number of halogens is 1. The number of carbonyl (C=O) groups is 1. The lowest BCUT2D eigenvalue weighted by Gasteiger charge is -2.07. The molecule has 6 nitrogen and oxygen atoms in total. The Morgan fingerprint density at radius 1 is 1.12 bits per heavy atom. The lowest BCUT2D eigenvalue weighted by molar-refractivity contribution is 0.102. The van der Waals surface area contributed by atoms with E-state index in [2.05, 4.69) is 43.2 Å². The first-order valence-electron chi connectivity index (χ1n) is 7.47. The number of anilines is 1.